The first-order valence-electron chi connectivity index (χ1n) is 5.47. The predicted molar refractivity (Wildman–Crippen MR) is 60.6 cm³/mol. The van der Waals surface area contributed by atoms with E-state index in [0.717, 1.165) is 6.54 Å². The molecule has 0 aliphatic carbocycles. The number of hydrogen-bond donors (Lipinski definition) is 2. The van der Waals surface area contributed by atoms with E-state index in [1.54, 1.807) is 0 Å². The third-order valence-corrected chi connectivity index (χ3v) is 2.74. The second-order valence-corrected chi connectivity index (χ2v) is 3.89. The molecule has 2 rings (SSSR count). The topological polar surface area (TPSA) is 24.1 Å². The van der Waals surface area contributed by atoms with Crippen LogP contribution < -0.4 is 10.6 Å². The van der Waals surface area contributed by atoms with Crippen LogP contribution in [-0.4, -0.2) is 19.1 Å². The molecule has 0 spiro atoms. The molecule has 0 unspecified atom stereocenters. The summed E-state index contributed by atoms with van der Waals surface area (Å²) in [5.41, 5.74) is 1.22. The van der Waals surface area contributed by atoms with Gasteiger partial charge in [0, 0.05) is 18.3 Å². The van der Waals surface area contributed by atoms with Crippen LogP contribution in [0.25, 0.3) is 0 Å². The van der Waals surface area contributed by atoms with Crippen LogP contribution in [-0.2, 0) is 0 Å². The van der Waals surface area contributed by atoms with E-state index in [1.807, 2.05) is 6.07 Å². The van der Waals surface area contributed by atoms with Crippen LogP contribution in [0.5, 0.6) is 0 Å². The number of anilines is 1. The number of nitrogens with one attached hydrogen (secondary N) is 2. The fourth-order valence-corrected chi connectivity index (χ4v) is 1.90. The number of para-hydroxylation sites is 1. The maximum absolute atomic E-state index is 3.53. The van der Waals surface area contributed by atoms with Gasteiger partial charge in [0.05, 0.1) is 0 Å². The van der Waals surface area contributed by atoms with Crippen molar-refractivity contribution >= 4 is 5.69 Å². The highest BCUT2D eigenvalue weighted by molar-refractivity contribution is 5.42. The van der Waals surface area contributed by atoms with Crippen molar-refractivity contribution in [1.29, 1.82) is 0 Å². The highest BCUT2D eigenvalue weighted by Gasteiger charge is 2.11. The van der Waals surface area contributed by atoms with Crippen LogP contribution in [0.3, 0.4) is 0 Å². The summed E-state index contributed by atoms with van der Waals surface area (Å²) in [4.78, 5) is 0. The van der Waals surface area contributed by atoms with Gasteiger partial charge in [-0.15, -0.1) is 0 Å². The van der Waals surface area contributed by atoms with E-state index in [0.29, 0.717) is 6.04 Å². The van der Waals surface area contributed by atoms with E-state index in [4.69, 9.17) is 0 Å². The summed E-state index contributed by atoms with van der Waals surface area (Å²) in [5.74, 6) is 0. The first kappa shape index (κ1) is 9.53. The van der Waals surface area contributed by atoms with E-state index in [2.05, 4.69) is 34.9 Å². The van der Waals surface area contributed by atoms with Crippen molar-refractivity contribution in [3.63, 3.8) is 0 Å². The van der Waals surface area contributed by atoms with Crippen LogP contribution in [0, 0.1) is 0 Å². The Morgan fingerprint density at radius 1 is 1.21 bits per heavy atom. The highest BCUT2D eigenvalue weighted by Crippen LogP contribution is 2.09. The molecule has 14 heavy (non-hydrogen) atoms. The molecule has 76 valence electrons. The Morgan fingerprint density at radius 2 is 2.07 bits per heavy atom. The van der Waals surface area contributed by atoms with E-state index in [1.165, 1.54) is 31.5 Å². The molecule has 1 aliphatic rings. The monoisotopic (exact) mass is 190 g/mol. The Morgan fingerprint density at radius 3 is 2.79 bits per heavy atom. The van der Waals surface area contributed by atoms with Gasteiger partial charge in [0.15, 0.2) is 0 Å². The summed E-state index contributed by atoms with van der Waals surface area (Å²) < 4.78 is 0. The quantitative estimate of drug-likeness (QED) is 0.764. The Balaban J connectivity index is 1.76. The third kappa shape index (κ3) is 2.74. The Hall–Kier alpha value is -1.02. The summed E-state index contributed by atoms with van der Waals surface area (Å²) >= 11 is 0. The maximum atomic E-state index is 3.53. The molecule has 1 fully saturated rings. The lowest BCUT2D eigenvalue weighted by atomic mass is 10.1. The summed E-state index contributed by atoms with van der Waals surface area (Å²) in [6.07, 6.45) is 4.01. The predicted octanol–water partition coefficient (Wildman–Crippen LogP) is 2.24. The minimum absolute atomic E-state index is 0.656. The number of rotatable bonds is 3. The molecule has 1 atom stereocenters. The molecule has 1 saturated heterocycles. The molecule has 0 bridgehead atoms. The number of piperidine rings is 1. The molecule has 0 aromatic heterocycles. The third-order valence-electron chi connectivity index (χ3n) is 2.74. The van der Waals surface area contributed by atoms with Gasteiger partial charge in [-0.1, -0.05) is 24.6 Å². The SMILES string of the molecule is c1ccc(NC[C@H]2CCCCN2)cc1. The van der Waals surface area contributed by atoms with E-state index in [-0.39, 0.29) is 0 Å². The molecule has 2 nitrogen and oxygen atoms in total. The van der Waals surface area contributed by atoms with Gasteiger partial charge in [-0.2, -0.15) is 0 Å². The molecule has 2 heteroatoms. The largest absolute Gasteiger partial charge is 0.383 e. The Kier molecular flexibility index (Phi) is 3.41. The van der Waals surface area contributed by atoms with Gasteiger partial charge >= 0.3 is 0 Å². The van der Waals surface area contributed by atoms with Crippen LogP contribution in [0.2, 0.25) is 0 Å². The molecule has 1 aromatic rings. The molecule has 0 saturated carbocycles. The van der Waals surface area contributed by atoms with Gasteiger partial charge in [-0.05, 0) is 31.5 Å². The van der Waals surface area contributed by atoms with Crippen LogP contribution >= 0.6 is 0 Å². The second kappa shape index (κ2) is 5.01. The van der Waals surface area contributed by atoms with E-state index < -0.39 is 0 Å². The van der Waals surface area contributed by atoms with Crippen LogP contribution in [0.1, 0.15) is 19.3 Å². The first-order valence-corrected chi connectivity index (χ1v) is 5.47. The molecular weight excluding hydrogens is 172 g/mol. The van der Waals surface area contributed by atoms with Gasteiger partial charge < -0.3 is 10.6 Å². The van der Waals surface area contributed by atoms with Gasteiger partial charge in [-0.3, -0.25) is 0 Å². The van der Waals surface area contributed by atoms with Crippen molar-refractivity contribution in [3.05, 3.63) is 30.3 Å². The average Bonchev–Trinajstić information content (AvgIpc) is 2.29. The Labute approximate surface area is 85.7 Å². The minimum Gasteiger partial charge on any atom is -0.383 e. The summed E-state index contributed by atoms with van der Waals surface area (Å²) in [6, 6.07) is 11.1. The van der Waals surface area contributed by atoms with Crippen molar-refractivity contribution in [2.45, 2.75) is 25.3 Å². The highest BCUT2D eigenvalue weighted by atomic mass is 15.0. The normalized spacial score (nSPS) is 21.9. The zero-order valence-corrected chi connectivity index (χ0v) is 8.50. The second-order valence-electron chi connectivity index (χ2n) is 3.89. The molecule has 1 heterocycles. The smallest absolute Gasteiger partial charge is 0.0340 e. The molecule has 0 radical (unpaired) electrons. The zero-order chi connectivity index (χ0) is 9.64. The minimum atomic E-state index is 0.656. The van der Waals surface area contributed by atoms with Crippen LogP contribution in [0.15, 0.2) is 30.3 Å². The Bertz CT molecular complexity index is 252. The maximum Gasteiger partial charge on any atom is 0.0340 e. The van der Waals surface area contributed by atoms with Crippen LogP contribution in [0.4, 0.5) is 5.69 Å². The molecule has 0 amide bonds. The molecule has 1 aliphatic heterocycles. The van der Waals surface area contributed by atoms with Gasteiger partial charge in [0.1, 0.15) is 0 Å². The van der Waals surface area contributed by atoms with Crippen molar-refractivity contribution in [1.82, 2.24) is 5.32 Å². The number of benzene rings is 1. The van der Waals surface area contributed by atoms with Crippen molar-refractivity contribution in [2.75, 3.05) is 18.4 Å². The lowest BCUT2D eigenvalue weighted by Crippen LogP contribution is -2.39. The van der Waals surface area contributed by atoms with E-state index >= 15 is 0 Å². The van der Waals surface area contributed by atoms with Gasteiger partial charge in [0.2, 0.25) is 0 Å². The first-order chi connectivity index (χ1) is 6.95. The molecule has 1 aromatic carbocycles. The summed E-state index contributed by atoms with van der Waals surface area (Å²) in [6.45, 7) is 2.23. The van der Waals surface area contributed by atoms with Crippen molar-refractivity contribution in [2.24, 2.45) is 0 Å². The molecule has 2 N–H and O–H groups in total. The standard InChI is InChI=1S/C12H18N2/c1-2-6-11(7-3-1)14-10-12-8-4-5-9-13-12/h1-3,6-7,12-14H,4-5,8-10H2/t12-/m1/s1. The fourth-order valence-electron chi connectivity index (χ4n) is 1.90. The average molecular weight is 190 g/mol. The fraction of sp³-hybridized carbons (Fsp3) is 0.500. The summed E-state index contributed by atoms with van der Waals surface area (Å²) in [7, 11) is 0. The summed E-state index contributed by atoms with van der Waals surface area (Å²) in [5, 5.41) is 6.98. The van der Waals surface area contributed by atoms with Crippen molar-refractivity contribution in [3.8, 4) is 0 Å². The van der Waals surface area contributed by atoms with Gasteiger partial charge in [-0.25, -0.2) is 0 Å². The lowest BCUT2D eigenvalue weighted by Gasteiger charge is -2.24. The zero-order valence-electron chi connectivity index (χ0n) is 8.50. The number of hydrogen-bond acceptors (Lipinski definition) is 2. The van der Waals surface area contributed by atoms with E-state index in [9.17, 15) is 0 Å². The lowest BCUT2D eigenvalue weighted by molar-refractivity contribution is 0.414. The van der Waals surface area contributed by atoms with Crippen molar-refractivity contribution < 1.29 is 0 Å². The van der Waals surface area contributed by atoms with Gasteiger partial charge in [0.25, 0.3) is 0 Å². The molecular formula is C12H18N2.